The number of carbonyl (C=O) groups excluding carboxylic acids is 1. The normalized spacial score (nSPS) is 17.5. The number of nitrogens with zero attached hydrogens (tertiary/aromatic N) is 6. The van der Waals surface area contributed by atoms with Crippen molar-refractivity contribution in [1.82, 2.24) is 24.8 Å². The molecule has 1 saturated carbocycles. The van der Waals surface area contributed by atoms with Gasteiger partial charge in [0.1, 0.15) is 17.8 Å². The zero-order chi connectivity index (χ0) is 22.3. The molecule has 1 aliphatic carbocycles. The van der Waals surface area contributed by atoms with Gasteiger partial charge in [-0.15, -0.1) is 0 Å². The summed E-state index contributed by atoms with van der Waals surface area (Å²) in [6, 6.07) is 6.53. The molecule has 0 bridgehead atoms. The highest BCUT2D eigenvalue weighted by Gasteiger charge is 2.39. The van der Waals surface area contributed by atoms with Gasteiger partial charge in [0.2, 0.25) is 0 Å². The predicted octanol–water partition coefficient (Wildman–Crippen LogP) is 3.71. The summed E-state index contributed by atoms with van der Waals surface area (Å²) in [7, 11) is 0. The zero-order valence-electron chi connectivity index (χ0n) is 17.2. The van der Waals surface area contributed by atoms with Crippen LogP contribution in [0.4, 0.5) is 19.0 Å². The van der Waals surface area contributed by atoms with Crippen LogP contribution in [0.5, 0.6) is 0 Å². The maximum atomic E-state index is 13.1. The summed E-state index contributed by atoms with van der Waals surface area (Å²) in [6.07, 6.45) is 2.87. The van der Waals surface area contributed by atoms with E-state index >= 15 is 0 Å². The molecule has 2 aliphatic rings. The fourth-order valence-electron chi connectivity index (χ4n) is 4.29. The van der Waals surface area contributed by atoms with E-state index in [4.69, 9.17) is 0 Å². The van der Waals surface area contributed by atoms with Gasteiger partial charge in [0.15, 0.2) is 0 Å². The lowest BCUT2D eigenvalue weighted by Crippen LogP contribution is -2.48. The molecule has 3 aromatic rings. The van der Waals surface area contributed by atoms with Gasteiger partial charge in [-0.1, -0.05) is 0 Å². The largest absolute Gasteiger partial charge is 0.433 e. The van der Waals surface area contributed by atoms with E-state index in [0.29, 0.717) is 42.8 Å². The molecule has 0 atom stereocenters. The Bertz CT molecular complexity index is 1140. The minimum atomic E-state index is -4.51. The number of alkyl halides is 3. The van der Waals surface area contributed by atoms with E-state index < -0.39 is 11.9 Å². The minimum Gasteiger partial charge on any atom is -0.350 e. The van der Waals surface area contributed by atoms with E-state index in [0.717, 1.165) is 30.8 Å². The third-order valence-corrected chi connectivity index (χ3v) is 6.01. The molecular formula is C22H21F3N6O. The summed E-state index contributed by atoms with van der Waals surface area (Å²) in [5.74, 6) is 0.239. The second-order valence-corrected chi connectivity index (χ2v) is 8.18. The molecule has 32 heavy (non-hydrogen) atoms. The van der Waals surface area contributed by atoms with Gasteiger partial charge in [0.05, 0.1) is 11.0 Å². The molecule has 0 spiro atoms. The summed E-state index contributed by atoms with van der Waals surface area (Å²) in [5.41, 5.74) is 1.02. The molecule has 10 heteroatoms. The molecule has 1 aromatic carbocycles. The Morgan fingerprint density at radius 1 is 0.906 bits per heavy atom. The Kier molecular flexibility index (Phi) is 5.15. The standard InChI is InChI=1S/C22H21F3N6O/c23-22(24,25)19-12-20(29-13-28-19)31(15-2-3-15)16-5-9-30(10-6-16)21(32)14-1-4-17-18(11-14)27-8-7-26-17/h1,4,7-8,11-13,15-16H,2-3,5-6,9-10H2. The first kappa shape index (κ1) is 20.6. The highest BCUT2D eigenvalue weighted by molar-refractivity contribution is 5.97. The average molecular weight is 442 g/mol. The third kappa shape index (κ3) is 4.09. The van der Waals surface area contributed by atoms with Crippen molar-refractivity contribution in [2.24, 2.45) is 0 Å². The van der Waals surface area contributed by atoms with E-state index in [9.17, 15) is 18.0 Å². The number of anilines is 1. The summed E-state index contributed by atoms with van der Waals surface area (Å²) in [5, 5.41) is 0. The predicted molar refractivity (Wildman–Crippen MR) is 111 cm³/mol. The maximum absolute atomic E-state index is 13.1. The quantitative estimate of drug-likeness (QED) is 0.613. The van der Waals surface area contributed by atoms with Crippen molar-refractivity contribution < 1.29 is 18.0 Å². The molecule has 3 heterocycles. The third-order valence-electron chi connectivity index (χ3n) is 6.01. The lowest BCUT2D eigenvalue weighted by molar-refractivity contribution is -0.141. The van der Waals surface area contributed by atoms with Gasteiger partial charge in [-0.3, -0.25) is 14.8 Å². The van der Waals surface area contributed by atoms with Gasteiger partial charge >= 0.3 is 6.18 Å². The van der Waals surface area contributed by atoms with Crippen LogP contribution >= 0.6 is 0 Å². The van der Waals surface area contributed by atoms with Crippen LogP contribution in [0.1, 0.15) is 41.7 Å². The lowest BCUT2D eigenvalue weighted by Gasteiger charge is -2.39. The number of carbonyl (C=O) groups is 1. The molecule has 0 N–H and O–H groups in total. The van der Waals surface area contributed by atoms with Crippen molar-refractivity contribution in [2.45, 2.75) is 43.9 Å². The summed E-state index contributed by atoms with van der Waals surface area (Å²) in [4.78, 5) is 32.8. The first-order valence-electron chi connectivity index (χ1n) is 10.6. The number of hydrogen-bond donors (Lipinski definition) is 0. The van der Waals surface area contributed by atoms with E-state index in [1.165, 1.54) is 0 Å². The maximum Gasteiger partial charge on any atom is 0.433 e. The van der Waals surface area contributed by atoms with Crippen LogP contribution in [-0.4, -0.2) is 55.9 Å². The molecule has 5 rings (SSSR count). The highest BCUT2D eigenvalue weighted by atomic mass is 19.4. The van der Waals surface area contributed by atoms with E-state index in [1.807, 2.05) is 4.90 Å². The average Bonchev–Trinajstić information content (AvgIpc) is 3.64. The SMILES string of the molecule is O=C(c1ccc2nccnc2c1)N1CCC(N(c2cc(C(F)(F)F)ncn2)C2CC2)CC1. The van der Waals surface area contributed by atoms with Gasteiger partial charge in [0.25, 0.3) is 5.91 Å². The van der Waals surface area contributed by atoms with Gasteiger partial charge in [-0.05, 0) is 43.9 Å². The van der Waals surface area contributed by atoms with Crippen LogP contribution in [0.3, 0.4) is 0 Å². The van der Waals surface area contributed by atoms with Crippen LogP contribution in [0, 0.1) is 0 Å². The van der Waals surface area contributed by atoms with Crippen molar-refractivity contribution in [3.63, 3.8) is 0 Å². The Morgan fingerprint density at radius 3 is 2.28 bits per heavy atom. The molecule has 0 radical (unpaired) electrons. The first-order valence-corrected chi connectivity index (χ1v) is 10.6. The number of piperidine rings is 1. The number of halogens is 3. The first-order chi connectivity index (χ1) is 15.4. The molecule has 0 unspecified atom stereocenters. The monoisotopic (exact) mass is 442 g/mol. The van der Waals surface area contributed by atoms with Crippen molar-refractivity contribution in [3.8, 4) is 0 Å². The molecule has 2 aromatic heterocycles. The van der Waals surface area contributed by atoms with Crippen molar-refractivity contribution in [2.75, 3.05) is 18.0 Å². The molecule has 1 aliphatic heterocycles. The number of amides is 1. The number of aromatic nitrogens is 4. The zero-order valence-corrected chi connectivity index (χ0v) is 17.2. The Hall–Kier alpha value is -3.30. The Labute approximate surface area is 182 Å². The van der Waals surface area contributed by atoms with Crippen LogP contribution in [0.25, 0.3) is 11.0 Å². The topological polar surface area (TPSA) is 75.1 Å². The molecule has 7 nitrogen and oxygen atoms in total. The molecule has 1 saturated heterocycles. The number of fused-ring (bicyclic) bond motifs is 1. The summed E-state index contributed by atoms with van der Waals surface area (Å²) in [6.45, 7) is 1.06. The van der Waals surface area contributed by atoms with E-state index in [-0.39, 0.29) is 18.0 Å². The molecule has 166 valence electrons. The van der Waals surface area contributed by atoms with E-state index in [2.05, 4.69) is 19.9 Å². The molecular weight excluding hydrogens is 421 g/mol. The van der Waals surface area contributed by atoms with E-state index in [1.54, 1.807) is 35.5 Å². The minimum absolute atomic E-state index is 0.0324. The molecule has 1 amide bonds. The Morgan fingerprint density at radius 2 is 1.59 bits per heavy atom. The Balaban J connectivity index is 1.30. The second kappa shape index (κ2) is 7.99. The van der Waals surface area contributed by atoms with Crippen molar-refractivity contribution in [1.29, 1.82) is 0 Å². The number of hydrogen-bond acceptors (Lipinski definition) is 6. The van der Waals surface area contributed by atoms with Crippen LogP contribution in [0.15, 0.2) is 43.0 Å². The second-order valence-electron chi connectivity index (χ2n) is 8.18. The number of likely N-dealkylation sites (tertiary alicyclic amines) is 1. The molecule has 2 fully saturated rings. The van der Waals surface area contributed by atoms with Gasteiger partial charge < -0.3 is 9.80 Å². The number of rotatable bonds is 4. The van der Waals surface area contributed by atoms with Gasteiger partial charge in [-0.2, -0.15) is 13.2 Å². The fourth-order valence-corrected chi connectivity index (χ4v) is 4.29. The summed E-state index contributed by atoms with van der Waals surface area (Å²) < 4.78 is 39.4. The number of benzene rings is 1. The van der Waals surface area contributed by atoms with Crippen molar-refractivity contribution in [3.05, 3.63) is 54.2 Å². The van der Waals surface area contributed by atoms with Crippen LogP contribution < -0.4 is 4.90 Å². The smallest absolute Gasteiger partial charge is 0.350 e. The van der Waals surface area contributed by atoms with Crippen LogP contribution in [0.2, 0.25) is 0 Å². The van der Waals surface area contributed by atoms with Crippen LogP contribution in [-0.2, 0) is 6.18 Å². The highest BCUT2D eigenvalue weighted by Crippen LogP contribution is 2.37. The lowest BCUT2D eigenvalue weighted by atomic mass is 10.0. The van der Waals surface area contributed by atoms with Gasteiger partial charge in [-0.25, -0.2) is 9.97 Å². The van der Waals surface area contributed by atoms with Crippen molar-refractivity contribution >= 4 is 22.8 Å². The fraction of sp³-hybridized carbons (Fsp3) is 0.409. The van der Waals surface area contributed by atoms with Gasteiger partial charge in [0, 0.05) is 49.2 Å². The summed E-state index contributed by atoms with van der Waals surface area (Å²) >= 11 is 0.